The van der Waals surface area contributed by atoms with Crippen LogP contribution in [0.2, 0.25) is 0 Å². The van der Waals surface area contributed by atoms with Gasteiger partial charge >= 0.3 is 0 Å². The Morgan fingerprint density at radius 1 is 1.26 bits per heavy atom. The lowest BCUT2D eigenvalue weighted by molar-refractivity contribution is 0.222. The van der Waals surface area contributed by atoms with Crippen LogP contribution in [0.4, 0.5) is 10.1 Å². The van der Waals surface area contributed by atoms with E-state index in [2.05, 4.69) is 10.2 Å². The molecule has 0 radical (unpaired) electrons. The summed E-state index contributed by atoms with van der Waals surface area (Å²) in [6.07, 6.45) is 0.485. The Morgan fingerprint density at radius 3 is 2.39 bits per heavy atom. The highest BCUT2D eigenvalue weighted by Crippen LogP contribution is 2.19. The van der Waals surface area contributed by atoms with Crippen molar-refractivity contribution in [3.05, 3.63) is 36.2 Å². The number of piperazine rings is 1. The molecule has 8 heteroatoms. The van der Waals surface area contributed by atoms with E-state index >= 15 is 0 Å². The Morgan fingerprint density at radius 2 is 1.87 bits per heavy atom. The number of sulfonamides is 1. The zero-order valence-electron chi connectivity index (χ0n) is 13.2. The van der Waals surface area contributed by atoms with Crippen LogP contribution < -0.4 is 11.1 Å². The molecule has 0 bridgehead atoms. The van der Waals surface area contributed by atoms with E-state index in [9.17, 15) is 12.8 Å². The molecule has 0 saturated carbocycles. The van der Waals surface area contributed by atoms with Crippen molar-refractivity contribution in [2.24, 2.45) is 5.73 Å². The van der Waals surface area contributed by atoms with Crippen LogP contribution in [-0.2, 0) is 10.0 Å². The van der Waals surface area contributed by atoms with Gasteiger partial charge in [0.15, 0.2) is 0 Å². The average molecular weight is 342 g/mol. The topological polar surface area (TPSA) is 78.7 Å². The average Bonchev–Trinajstić information content (AvgIpc) is 2.56. The predicted octanol–water partition coefficient (Wildman–Crippen LogP) is 0.847. The maximum Gasteiger partial charge on any atom is 0.243 e. The van der Waals surface area contributed by atoms with Gasteiger partial charge < -0.3 is 16.0 Å². The molecule has 2 rings (SSSR count). The minimum atomic E-state index is -3.46. The maximum atomic E-state index is 12.6. The van der Waals surface area contributed by atoms with Gasteiger partial charge in [-0.15, -0.1) is 0 Å². The van der Waals surface area contributed by atoms with Crippen LogP contribution in [0.5, 0.6) is 0 Å². The first-order chi connectivity index (χ1) is 11.0. The van der Waals surface area contributed by atoms with Gasteiger partial charge in [0, 0.05) is 45.0 Å². The molecule has 0 amide bonds. The molecule has 1 aliphatic heterocycles. The van der Waals surface area contributed by atoms with Crippen molar-refractivity contribution in [3.8, 4) is 0 Å². The molecule has 1 heterocycles. The summed E-state index contributed by atoms with van der Waals surface area (Å²) in [5.41, 5.74) is 6.55. The number of nitrogens with zero attached hydrogens (tertiary/aromatic N) is 2. The Labute approximate surface area is 136 Å². The fraction of sp³-hybridized carbons (Fsp3) is 0.467. The quantitative estimate of drug-likeness (QED) is 0.801. The van der Waals surface area contributed by atoms with Crippen LogP contribution >= 0.6 is 0 Å². The fourth-order valence-electron chi connectivity index (χ4n) is 2.29. The Balaban J connectivity index is 2.03. The van der Waals surface area contributed by atoms with E-state index in [1.807, 2.05) is 7.05 Å². The van der Waals surface area contributed by atoms with Crippen molar-refractivity contribution in [1.29, 1.82) is 0 Å². The number of rotatable bonds is 6. The summed E-state index contributed by atoms with van der Waals surface area (Å²) in [5.74, 6) is 0. The zero-order valence-corrected chi connectivity index (χ0v) is 14.0. The fourth-order valence-corrected chi connectivity index (χ4v) is 3.72. The van der Waals surface area contributed by atoms with Gasteiger partial charge in [-0.1, -0.05) is 0 Å². The number of nitrogens with one attached hydrogen (secondary N) is 1. The maximum absolute atomic E-state index is 12.6. The zero-order chi connectivity index (χ0) is 16.9. The molecule has 6 nitrogen and oxygen atoms in total. The van der Waals surface area contributed by atoms with E-state index in [4.69, 9.17) is 5.73 Å². The van der Waals surface area contributed by atoms with Crippen molar-refractivity contribution in [3.63, 3.8) is 0 Å². The van der Waals surface area contributed by atoms with Crippen LogP contribution in [0, 0.1) is 0 Å². The van der Waals surface area contributed by atoms with Crippen LogP contribution in [0.3, 0.4) is 0 Å². The van der Waals surface area contributed by atoms with Gasteiger partial charge in [0.25, 0.3) is 0 Å². The van der Waals surface area contributed by atoms with Gasteiger partial charge in [-0.25, -0.2) is 12.8 Å². The van der Waals surface area contributed by atoms with E-state index in [1.54, 1.807) is 24.3 Å². The highest BCUT2D eigenvalue weighted by molar-refractivity contribution is 7.89. The molecule has 1 aromatic rings. The number of likely N-dealkylation sites (N-methyl/N-ethyl adjacent to an activating group) is 1. The Bertz CT molecular complexity index is 638. The molecular formula is C15H23FN4O2S. The van der Waals surface area contributed by atoms with Crippen molar-refractivity contribution in [2.75, 3.05) is 51.6 Å². The van der Waals surface area contributed by atoms with E-state index in [0.717, 1.165) is 18.8 Å². The molecule has 1 aromatic carbocycles. The van der Waals surface area contributed by atoms with E-state index in [1.165, 1.54) is 4.31 Å². The summed E-state index contributed by atoms with van der Waals surface area (Å²) in [6.45, 7) is 2.89. The summed E-state index contributed by atoms with van der Waals surface area (Å²) in [7, 11) is -1.48. The van der Waals surface area contributed by atoms with E-state index in [0.29, 0.717) is 25.0 Å². The molecule has 1 saturated heterocycles. The molecular weight excluding hydrogens is 319 g/mol. The van der Waals surface area contributed by atoms with Crippen LogP contribution in [0.1, 0.15) is 0 Å². The minimum Gasteiger partial charge on any atom is -0.381 e. The number of hydrogen-bond donors (Lipinski definition) is 2. The third kappa shape index (κ3) is 4.51. The second-order valence-electron chi connectivity index (χ2n) is 5.56. The first-order valence-corrected chi connectivity index (χ1v) is 8.92. The highest BCUT2D eigenvalue weighted by atomic mass is 32.2. The van der Waals surface area contributed by atoms with Gasteiger partial charge in [-0.05, 0) is 36.9 Å². The number of halogens is 1. The van der Waals surface area contributed by atoms with Crippen molar-refractivity contribution >= 4 is 15.7 Å². The third-order valence-electron chi connectivity index (χ3n) is 3.89. The molecule has 3 N–H and O–H groups in total. The Hall–Kier alpha value is -1.48. The summed E-state index contributed by atoms with van der Waals surface area (Å²) >= 11 is 0. The molecule has 0 aromatic heterocycles. The van der Waals surface area contributed by atoms with Gasteiger partial charge in [0.2, 0.25) is 10.0 Å². The lowest BCUT2D eigenvalue weighted by atomic mass is 10.2. The molecule has 0 aliphatic carbocycles. The summed E-state index contributed by atoms with van der Waals surface area (Å²) in [6, 6.07) is 6.49. The third-order valence-corrected chi connectivity index (χ3v) is 5.80. The smallest absolute Gasteiger partial charge is 0.243 e. The molecule has 0 spiro atoms. The van der Waals surface area contributed by atoms with Crippen molar-refractivity contribution < 1.29 is 12.8 Å². The van der Waals surface area contributed by atoms with Crippen LogP contribution in [0.25, 0.3) is 0 Å². The highest BCUT2D eigenvalue weighted by Gasteiger charge is 2.27. The largest absolute Gasteiger partial charge is 0.381 e. The minimum absolute atomic E-state index is 0.138. The molecule has 0 unspecified atom stereocenters. The first kappa shape index (κ1) is 17.9. The lowest BCUT2D eigenvalue weighted by Crippen LogP contribution is -2.46. The van der Waals surface area contributed by atoms with Crippen LogP contribution in [-0.4, -0.2) is 63.9 Å². The van der Waals surface area contributed by atoms with Gasteiger partial charge in [-0.3, -0.25) is 0 Å². The Kier molecular flexibility index (Phi) is 6.11. The summed E-state index contributed by atoms with van der Waals surface area (Å²) < 4.78 is 39.1. The van der Waals surface area contributed by atoms with Gasteiger partial charge in [0.05, 0.1) is 11.2 Å². The standard InChI is InChI=1S/C15H23FN4O2S/c1-19-6-8-20(9-7-19)23(21,22)15-4-2-14(3-5-15)18-12-13(10-16)11-17/h2-5,10,18H,6-9,11-12,17H2,1H3/b13-10-. The second kappa shape index (κ2) is 7.87. The SMILES string of the molecule is CN1CCN(S(=O)(=O)c2ccc(NC/C(=C\F)CN)cc2)CC1. The molecule has 1 fully saturated rings. The number of anilines is 1. The number of hydrogen-bond acceptors (Lipinski definition) is 5. The molecule has 23 heavy (non-hydrogen) atoms. The molecule has 1 aliphatic rings. The van der Waals surface area contributed by atoms with Crippen molar-refractivity contribution in [1.82, 2.24) is 9.21 Å². The normalized spacial score (nSPS) is 18.1. The first-order valence-electron chi connectivity index (χ1n) is 7.48. The number of nitrogens with two attached hydrogens (primary N) is 1. The van der Waals surface area contributed by atoms with Gasteiger partial charge in [0.1, 0.15) is 0 Å². The lowest BCUT2D eigenvalue weighted by Gasteiger charge is -2.31. The summed E-state index contributed by atoms with van der Waals surface area (Å²) in [4.78, 5) is 2.37. The van der Waals surface area contributed by atoms with Gasteiger partial charge in [-0.2, -0.15) is 4.31 Å². The second-order valence-corrected chi connectivity index (χ2v) is 7.49. The summed E-state index contributed by atoms with van der Waals surface area (Å²) in [5, 5.41) is 3.01. The molecule has 0 atom stereocenters. The van der Waals surface area contributed by atoms with Crippen molar-refractivity contribution in [2.45, 2.75) is 4.90 Å². The predicted molar refractivity (Wildman–Crippen MR) is 89.4 cm³/mol. The van der Waals surface area contributed by atoms with E-state index in [-0.39, 0.29) is 18.0 Å². The number of benzene rings is 1. The van der Waals surface area contributed by atoms with E-state index < -0.39 is 10.0 Å². The molecule has 128 valence electrons. The monoisotopic (exact) mass is 342 g/mol. The van der Waals surface area contributed by atoms with Crippen LogP contribution in [0.15, 0.2) is 41.1 Å².